The van der Waals surface area contributed by atoms with E-state index in [0.29, 0.717) is 5.39 Å². The molecule has 0 amide bonds. The summed E-state index contributed by atoms with van der Waals surface area (Å²) in [6.07, 6.45) is 0.0742. The highest BCUT2D eigenvalue weighted by atomic mass is 19.4. The average molecular weight is 386 g/mol. The lowest BCUT2D eigenvalue weighted by Crippen LogP contribution is -2.34. The van der Waals surface area contributed by atoms with Gasteiger partial charge in [0.05, 0.1) is 5.56 Å². The Morgan fingerprint density at radius 3 is 2.36 bits per heavy atom. The number of carbonyl (C=O) groups is 1. The molecule has 0 unspecified atom stereocenters. The van der Waals surface area contributed by atoms with Gasteiger partial charge in [-0.25, -0.2) is 0 Å². The quantitative estimate of drug-likeness (QED) is 0.360. The highest BCUT2D eigenvalue weighted by Crippen LogP contribution is 2.42. The molecular formula is C23H21F3O2. The minimum Gasteiger partial charge on any atom is -0.454 e. The van der Waals surface area contributed by atoms with Gasteiger partial charge in [-0.2, -0.15) is 13.2 Å². The molecule has 0 N–H and O–H groups in total. The van der Waals surface area contributed by atoms with Crippen molar-refractivity contribution in [2.24, 2.45) is 0 Å². The van der Waals surface area contributed by atoms with Crippen molar-refractivity contribution in [3.63, 3.8) is 0 Å². The second-order valence-electron chi connectivity index (χ2n) is 7.59. The SMILES string of the molecule is CC(=O)OC1(c2ccc3cc4cccc(C(F)(F)F)c4cc3c2)CCCCC1. The summed E-state index contributed by atoms with van der Waals surface area (Å²) in [7, 11) is 0. The number of ether oxygens (including phenoxy) is 1. The van der Waals surface area contributed by atoms with Crippen molar-refractivity contribution < 1.29 is 22.7 Å². The van der Waals surface area contributed by atoms with E-state index in [1.54, 1.807) is 18.2 Å². The van der Waals surface area contributed by atoms with E-state index in [9.17, 15) is 18.0 Å². The Morgan fingerprint density at radius 2 is 1.68 bits per heavy atom. The van der Waals surface area contributed by atoms with E-state index in [0.717, 1.165) is 54.5 Å². The van der Waals surface area contributed by atoms with Crippen LogP contribution in [-0.4, -0.2) is 5.97 Å². The molecule has 3 aromatic rings. The van der Waals surface area contributed by atoms with Crippen LogP contribution in [0.1, 0.15) is 50.2 Å². The van der Waals surface area contributed by atoms with Gasteiger partial charge in [0.15, 0.2) is 0 Å². The van der Waals surface area contributed by atoms with Crippen molar-refractivity contribution in [3.05, 3.63) is 59.7 Å². The molecule has 28 heavy (non-hydrogen) atoms. The maximum atomic E-state index is 13.4. The van der Waals surface area contributed by atoms with Crippen molar-refractivity contribution in [1.29, 1.82) is 0 Å². The van der Waals surface area contributed by atoms with Gasteiger partial charge >= 0.3 is 12.1 Å². The van der Waals surface area contributed by atoms with Crippen LogP contribution >= 0.6 is 0 Å². The van der Waals surface area contributed by atoms with E-state index in [-0.39, 0.29) is 11.4 Å². The fourth-order valence-electron chi connectivity index (χ4n) is 4.40. The summed E-state index contributed by atoms with van der Waals surface area (Å²) >= 11 is 0. The summed E-state index contributed by atoms with van der Waals surface area (Å²) in [6, 6.07) is 13.3. The molecule has 2 nitrogen and oxygen atoms in total. The molecule has 146 valence electrons. The van der Waals surface area contributed by atoms with Gasteiger partial charge in [-0.3, -0.25) is 4.79 Å². The Hall–Kier alpha value is -2.56. The van der Waals surface area contributed by atoms with E-state index in [4.69, 9.17) is 4.74 Å². The fourth-order valence-corrected chi connectivity index (χ4v) is 4.40. The van der Waals surface area contributed by atoms with Crippen molar-refractivity contribution in [1.82, 2.24) is 0 Å². The highest BCUT2D eigenvalue weighted by molar-refractivity contribution is 6.00. The van der Waals surface area contributed by atoms with Crippen LogP contribution in [0.25, 0.3) is 21.5 Å². The average Bonchev–Trinajstić information content (AvgIpc) is 2.64. The molecule has 0 aromatic heterocycles. The first-order valence-corrected chi connectivity index (χ1v) is 9.52. The molecule has 5 heteroatoms. The molecule has 4 rings (SSSR count). The third-order valence-corrected chi connectivity index (χ3v) is 5.67. The van der Waals surface area contributed by atoms with Crippen molar-refractivity contribution in [3.8, 4) is 0 Å². The van der Waals surface area contributed by atoms with Gasteiger partial charge in [0, 0.05) is 6.92 Å². The van der Waals surface area contributed by atoms with E-state index < -0.39 is 17.3 Å². The summed E-state index contributed by atoms with van der Waals surface area (Å²) in [5, 5.41) is 2.33. The second kappa shape index (κ2) is 6.80. The lowest BCUT2D eigenvalue weighted by molar-refractivity contribution is -0.162. The monoisotopic (exact) mass is 386 g/mol. The van der Waals surface area contributed by atoms with Crippen molar-refractivity contribution in [2.75, 3.05) is 0 Å². The van der Waals surface area contributed by atoms with Gasteiger partial charge in [-0.1, -0.05) is 30.7 Å². The Labute approximate surface area is 161 Å². The lowest BCUT2D eigenvalue weighted by Gasteiger charge is -2.37. The predicted octanol–water partition coefficient (Wildman–Crippen LogP) is 6.73. The molecular weight excluding hydrogens is 365 g/mol. The molecule has 1 saturated carbocycles. The molecule has 0 radical (unpaired) electrons. The van der Waals surface area contributed by atoms with Crippen LogP contribution < -0.4 is 0 Å². The van der Waals surface area contributed by atoms with Crippen LogP contribution in [0.2, 0.25) is 0 Å². The number of benzene rings is 3. The third kappa shape index (κ3) is 3.34. The molecule has 0 aliphatic heterocycles. The maximum Gasteiger partial charge on any atom is 0.417 e. The third-order valence-electron chi connectivity index (χ3n) is 5.67. The Balaban J connectivity index is 1.90. The summed E-state index contributed by atoms with van der Waals surface area (Å²) < 4.78 is 46.1. The van der Waals surface area contributed by atoms with E-state index in [1.165, 1.54) is 13.0 Å². The highest BCUT2D eigenvalue weighted by Gasteiger charge is 2.37. The molecule has 0 spiro atoms. The molecule has 0 heterocycles. The zero-order chi connectivity index (χ0) is 19.9. The zero-order valence-corrected chi connectivity index (χ0v) is 15.6. The Kier molecular flexibility index (Phi) is 4.56. The number of rotatable bonds is 2. The topological polar surface area (TPSA) is 26.3 Å². The summed E-state index contributed by atoms with van der Waals surface area (Å²) in [4.78, 5) is 11.7. The fraction of sp³-hybridized carbons (Fsp3) is 0.348. The summed E-state index contributed by atoms with van der Waals surface area (Å²) in [5.41, 5.74) is -0.458. The van der Waals surface area contributed by atoms with Crippen molar-refractivity contribution >= 4 is 27.5 Å². The number of alkyl halides is 3. The molecule has 1 aliphatic rings. The standard InChI is InChI=1S/C23H21F3O2/c1-15(27)28-22(10-3-2-4-11-22)19-9-8-16-12-17-6-5-7-21(23(24,25)26)20(17)14-18(16)13-19/h5-9,12-14H,2-4,10-11H2,1H3. The van der Waals surface area contributed by atoms with Gasteiger partial charge < -0.3 is 4.74 Å². The number of carbonyl (C=O) groups excluding carboxylic acids is 1. The number of hydrogen-bond donors (Lipinski definition) is 0. The molecule has 1 fully saturated rings. The van der Waals surface area contributed by atoms with Gasteiger partial charge in [0.1, 0.15) is 5.60 Å². The van der Waals surface area contributed by atoms with E-state index in [1.807, 2.05) is 18.2 Å². The van der Waals surface area contributed by atoms with Crippen LogP contribution in [0.4, 0.5) is 13.2 Å². The van der Waals surface area contributed by atoms with Crippen LogP contribution in [-0.2, 0) is 21.3 Å². The normalized spacial score (nSPS) is 17.0. The molecule has 0 bridgehead atoms. The number of halogens is 3. The first-order chi connectivity index (χ1) is 13.3. The van der Waals surface area contributed by atoms with Crippen LogP contribution in [0.5, 0.6) is 0 Å². The lowest BCUT2D eigenvalue weighted by atomic mass is 9.78. The second-order valence-corrected chi connectivity index (χ2v) is 7.59. The first kappa shape index (κ1) is 18.8. The zero-order valence-electron chi connectivity index (χ0n) is 15.6. The first-order valence-electron chi connectivity index (χ1n) is 9.52. The maximum absolute atomic E-state index is 13.4. The number of hydrogen-bond acceptors (Lipinski definition) is 2. The van der Waals surface area contributed by atoms with Crippen LogP contribution in [0.3, 0.4) is 0 Å². The minimum atomic E-state index is -4.41. The number of esters is 1. The Morgan fingerprint density at radius 1 is 0.929 bits per heavy atom. The largest absolute Gasteiger partial charge is 0.454 e. The van der Waals surface area contributed by atoms with Gasteiger partial charge in [0.25, 0.3) is 0 Å². The molecule has 1 aliphatic carbocycles. The van der Waals surface area contributed by atoms with Gasteiger partial charge in [0.2, 0.25) is 0 Å². The number of fused-ring (bicyclic) bond motifs is 2. The molecule has 0 saturated heterocycles. The summed E-state index contributed by atoms with van der Waals surface area (Å²) in [6.45, 7) is 1.40. The van der Waals surface area contributed by atoms with Crippen molar-refractivity contribution in [2.45, 2.75) is 50.8 Å². The van der Waals surface area contributed by atoms with Crippen LogP contribution in [0.15, 0.2) is 48.5 Å². The van der Waals surface area contributed by atoms with Gasteiger partial charge in [-0.15, -0.1) is 0 Å². The van der Waals surface area contributed by atoms with Crippen LogP contribution in [0, 0.1) is 0 Å². The van der Waals surface area contributed by atoms with E-state index >= 15 is 0 Å². The minimum absolute atomic E-state index is 0.185. The summed E-state index contributed by atoms with van der Waals surface area (Å²) in [5.74, 6) is -0.333. The molecule has 0 atom stereocenters. The van der Waals surface area contributed by atoms with E-state index in [2.05, 4.69) is 0 Å². The predicted molar refractivity (Wildman–Crippen MR) is 103 cm³/mol. The Bertz CT molecular complexity index is 1050. The van der Waals surface area contributed by atoms with Gasteiger partial charge in [-0.05, 0) is 77.1 Å². The molecule has 3 aromatic carbocycles. The smallest absolute Gasteiger partial charge is 0.417 e.